The van der Waals surface area contributed by atoms with Gasteiger partial charge in [-0.1, -0.05) is 24.3 Å². The Morgan fingerprint density at radius 1 is 1.29 bits per heavy atom. The average Bonchev–Trinajstić information content (AvgIpc) is 2.96. The highest BCUT2D eigenvalue weighted by Crippen LogP contribution is 2.41. The van der Waals surface area contributed by atoms with Gasteiger partial charge < -0.3 is 10.1 Å². The van der Waals surface area contributed by atoms with Gasteiger partial charge in [-0.2, -0.15) is 0 Å². The molecule has 3 nitrogen and oxygen atoms in total. The molecule has 3 rings (SSSR count). The van der Waals surface area contributed by atoms with Gasteiger partial charge in [0.1, 0.15) is 0 Å². The van der Waals surface area contributed by atoms with E-state index in [4.69, 9.17) is 0 Å². The zero-order chi connectivity index (χ0) is 11.9. The summed E-state index contributed by atoms with van der Waals surface area (Å²) in [6.45, 7) is 1.87. The minimum absolute atomic E-state index is 0.236. The van der Waals surface area contributed by atoms with Crippen molar-refractivity contribution < 1.29 is 5.11 Å². The van der Waals surface area contributed by atoms with E-state index in [1.807, 2.05) is 13.1 Å². The third kappa shape index (κ3) is 1.50. The Labute approximate surface area is 101 Å². The summed E-state index contributed by atoms with van der Waals surface area (Å²) in [7, 11) is 0. The molecule has 0 radical (unpaired) electrons. The molecule has 0 spiro atoms. The van der Waals surface area contributed by atoms with Crippen molar-refractivity contribution in [2.75, 3.05) is 0 Å². The van der Waals surface area contributed by atoms with E-state index in [1.54, 1.807) is 6.33 Å². The standard InChI is InChI=1S/C14H16N2O/c1-10(17)14(13-8-15-9-16-13)6-11-4-2-3-5-12(11)7-14/h2-5,8-10,17H,6-7H2,1H3,(H,15,16). The van der Waals surface area contributed by atoms with Gasteiger partial charge in [-0.15, -0.1) is 0 Å². The number of imidazole rings is 1. The van der Waals surface area contributed by atoms with E-state index in [0.29, 0.717) is 0 Å². The van der Waals surface area contributed by atoms with Gasteiger partial charge in [0.25, 0.3) is 0 Å². The summed E-state index contributed by atoms with van der Waals surface area (Å²) in [4.78, 5) is 7.26. The highest BCUT2D eigenvalue weighted by Gasteiger charge is 2.43. The average molecular weight is 228 g/mol. The maximum absolute atomic E-state index is 10.2. The molecule has 0 bridgehead atoms. The second kappa shape index (κ2) is 3.70. The molecule has 0 aliphatic heterocycles. The number of hydrogen-bond donors (Lipinski definition) is 2. The van der Waals surface area contributed by atoms with Crippen LogP contribution in [0.15, 0.2) is 36.8 Å². The van der Waals surface area contributed by atoms with Gasteiger partial charge >= 0.3 is 0 Å². The number of aliphatic hydroxyl groups is 1. The lowest BCUT2D eigenvalue weighted by atomic mass is 9.77. The summed E-state index contributed by atoms with van der Waals surface area (Å²) in [5.41, 5.74) is 3.47. The third-order valence-corrected chi connectivity index (χ3v) is 3.96. The third-order valence-electron chi connectivity index (χ3n) is 3.96. The van der Waals surface area contributed by atoms with Crippen LogP contribution in [0.5, 0.6) is 0 Å². The normalized spacial score (nSPS) is 18.9. The highest BCUT2D eigenvalue weighted by molar-refractivity contribution is 5.40. The highest BCUT2D eigenvalue weighted by atomic mass is 16.3. The lowest BCUT2D eigenvalue weighted by Crippen LogP contribution is -2.39. The van der Waals surface area contributed by atoms with Crippen molar-refractivity contribution in [1.82, 2.24) is 9.97 Å². The van der Waals surface area contributed by atoms with Crippen LogP contribution in [0.1, 0.15) is 23.7 Å². The molecule has 1 aromatic carbocycles. The van der Waals surface area contributed by atoms with Crippen molar-refractivity contribution in [3.63, 3.8) is 0 Å². The van der Waals surface area contributed by atoms with Crippen LogP contribution in [-0.2, 0) is 18.3 Å². The number of nitrogens with zero attached hydrogens (tertiary/aromatic N) is 1. The number of hydrogen-bond acceptors (Lipinski definition) is 2. The molecule has 17 heavy (non-hydrogen) atoms. The smallest absolute Gasteiger partial charge is 0.0921 e. The number of aromatic amines is 1. The second-order valence-corrected chi connectivity index (χ2v) is 4.92. The molecule has 0 saturated heterocycles. The van der Waals surface area contributed by atoms with Crippen molar-refractivity contribution in [3.8, 4) is 0 Å². The minimum Gasteiger partial charge on any atom is -0.392 e. The van der Waals surface area contributed by atoms with Crippen molar-refractivity contribution in [3.05, 3.63) is 53.6 Å². The van der Waals surface area contributed by atoms with Gasteiger partial charge in [0.2, 0.25) is 0 Å². The maximum Gasteiger partial charge on any atom is 0.0921 e. The number of aliphatic hydroxyl groups excluding tert-OH is 1. The van der Waals surface area contributed by atoms with E-state index in [9.17, 15) is 5.11 Å². The molecule has 2 aromatic rings. The van der Waals surface area contributed by atoms with Gasteiger partial charge in [-0.3, -0.25) is 0 Å². The van der Waals surface area contributed by atoms with E-state index >= 15 is 0 Å². The molecule has 1 unspecified atom stereocenters. The Bertz CT molecular complexity index is 492. The van der Waals surface area contributed by atoms with Crippen LogP contribution in [0.2, 0.25) is 0 Å². The van der Waals surface area contributed by atoms with E-state index < -0.39 is 6.10 Å². The van der Waals surface area contributed by atoms with Crippen LogP contribution in [0.3, 0.4) is 0 Å². The number of rotatable bonds is 2. The number of nitrogens with one attached hydrogen (secondary N) is 1. The molecule has 2 N–H and O–H groups in total. The van der Waals surface area contributed by atoms with Crippen LogP contribution >= 0.6 is 0 Å². The molecule has 1 heterocycles. The summed E-state index contributed by atoms with van der Waals surface area (Å²) in [5.74, 6) is 0. The monoisotopic (exact) mass is 228 g/mol. The lowest BCUT2D eigenvalue weighted by molar-refractivity contribution is 0.0991. The Hall–Kier alpha value is -1.61. The quantitative estimate of drug-likeness (QED) is 0.823. The summed E-state index contributed by atoms with van der Waals surface area (Å²) in [6.07, 6.45) is 4.88. The first-order valence-electron chi connectivity index (χ1n) is 5.96. The first-order valence-corrected chi connectivity index (χ1v) is 5.96. The van der Waals surface area contributed by atoms with Gasteiger partial charge in [-0.05, 0) is 30.9 Å². The number of fused-ring (bicyclic) bond motifs is 1. The number of benzene rings is 1. The summed E-state index contributed by atoms with van der Waals surface area (Å²) in [6, 6.07) is 8.42. The van der Waals surface area contributed by atoms with Crippen molar-refractivity contribution in [1.29, 1.82) is 0 Å². The topological polar surface area (TPSA) is 48.9 Å². The molecule has 1 aromatic heterocycles. The Kier molecular flexibility index (Phi) is 2.30. The Morgan fingerprint density at radius 2 is 1.94 bits per heavy atom. The zero-order valence-corrected chi connectivity index (χ0v) is 9.85. The van der Waals surface area contributed by atoms with Gasteiger partial charge in [0.15, 0.2) is 0 Å². The van der Waals surface area contributed by atoms with E-state index in [2.05, 4.69) is 34.2 Å². The van der Waals surface area contributed by atoms with E-state index in [0.717, 1.165) is 18.5 Å². The van der Waals surface area contributed by atoms with Crippen molar-refractivity contribution in [2.24, 2.45) is 0 Å². The van der Waals surface area contributed by atoms with Crippen LogP contribution in [0.25, 0.3) is 0 Å². The zero-order valence-electron chi connectivity index (χ0n) is 9.85. The Balaban J connectivity index is 2.07. The second-order valence-electron chi connectivity index (χ2n) is 4.92. The Morgan fingerprint density at radius 3 is 2.41 bits per heavy atom. The van der Waals surface area contributed by atoms with Crippen molar-refractivity contribution in [2.45, 2.75) is 31.3 Å². The fourth-order valence-electron chi connectivity index (χ4n) is 2.88. The molecule has 1 aliphatic carbocycles. The molecule has 0 fully saturated rings. The predicted octanol–water partition coefficient (Wildman–Crippen LogP) is 1.83. The molecule has 0 amide bonds. The molecular formula is C14H16N2O. The molecule has 1 aliphatic rings. The molecule has 3 heteroatoms. The predicted molar refractivity (Wildman–Crippen MR) is 65.8 cm³/mol. The first-order chi connectivity index (χ1) is 8.22. The first kappa shape index (κ1) is 10.5. The minimum atomic E-state index is -0.393. The van der Waals surface area contributed by atoms with Crippen LogP contribution in [-0.4, -0.2) is 21.2 Å². The van der Waals surface area contributed by atoms with E-state index in [-0.39, 0.29) is 5.41 Å². The van der Waals surface area contributed by atoms with Crippen LogP contribution in [0.4, 0.5) is 0 Å². The van der Waals surface area contributed by atoms with Gasteiger partial charge in [0.05, 0.1) is 12.4 Å². The van der Waals surface area contributed by atoms with E-state index in [1.165, 1.54) is 11.1 Å². The van der Waals surface area contributed by atoms with Gasteiger partial charge in [0, 0.05) is 17.3 Å². The largest absolute Gasteiger partial charge is 0.392 e. The molecule has 88 valence electrons. The number of H-pyrrole nitrogens is 1. The maximum atomic E-state index is 10.2. The fourth-order valence-corrected chi connectivity index (χ4v) is 2.88. The van der Waals surface area contributed by atoms with Crippen LogP contribution in [0, 0.1) is 0 Å². The van der Waals surface area contributed by atoms with Gasteiger partial charge in [-0.25, -0.2) is 4.98 Å². The fraction of sp³-hybridized carbons (Fsp3) is 0.357. The summed E-state index contributed by atoms with van der Waals surface area (Å²) < 4.78 is 0. The molecular weight excluding hydrogens is 212 g/mol. The summed E-state index contributed by atoms with van der Waals surface area (Å²) in [5, 5.41) is 10.2. The van der Waals surface area contributed by atoms with Crippen LogP contribution < -0.4 is 0 Å². The SMILES string of the molecule is CC(O)C1(c2cnc[nH]2)Cc2ccccc2C1. The molecule has 0 saturated carbocycles. The van der Waals surface area contributed by atoms with Crippen molar-refractivity contribution >= 4 is 0 Å². The lowest BCUT2D eigenvalue weighted by Gasteiger charge is -2.30. The number of aromatic nitrogens is 2. The summed E-state index contributed by atoms with van der Waals surface area (Å²) >= 11 is 0. The molecule has 1 atom stereocenters.